The minimum atomic E-state index is 0.225. The van der Waals surface area contributed by atoms with Crippen LogP contribution in [0, 0.1) is 11.8 Å². The fourth-order valence-corrected chi connectivity index (χ4v) is 2.92. The van der Waals surface area contributed by atoms with Gasteiger partial charge in [0.05, 0.1) is 13.2 Å². The number of nitrogens with two attached hydrogens (primary N) is 1. The third kappa shape index (κ3) is 4.35. The molecule has 0 saturated heterocycles. The van der Waals surface area contributed by atoms with Crippen LogP contribution in [0.3, 0.4) is 0 Å². The van der Waals surface area contributed by atoms with E-state index in [1.165, 1.54) is 31.2 Å². The fraction of sp³-hybridized carbons (Fsp3) is 0.529. The maximum absolute atomic E-state index is 9.27. The SMILES string of the molecule is NCC#Cc1cccc(CN(CCO)C2CCCC2)c1. The Morgan fingerprint density at radius 3 is 2.80 bits per heavy atom. The van der Waals surface area contributed by atoms with E-state index in [4.69, 9.17) is 5.73 Å². The third-order valence-corrected chi connectivity index (χ3v) is 3.88. The molecule has 0 spiro atoms. The Bertz CT molecular complexity index is 469. The molecule has 1 aliphatic rings. The summed E-state index contributed by atoms with van der Waals surface area (Å²) in [5, 5.41) is 9.27. The Kier molecular flexibility index (Phi) is 6.07. The van der Waals surface area contributed by atoms with Gasteiger partial charge in [0, 0.05) is 24.7 Å². The number of nitrogens with zero attached hydrogens (tertiary/aromatic N) is 1. The van der Waals surface area contributed by atoms with Crippen LogP contribution in [0.15, 0.2) is 24.3 Å². The van der Waals surface area contributed by atoms with Crippen molar-refractivity contribution in [1.29, 1.82) is 0 Å². The van der Waals surface area contributed by atoms with E-state index in [1.807, 2.05) is 12.1 Å². The predicted octanol–water partition coefficient (Wildman–Crippen LogP) is 1.73. The summed E-state index contributed by atoms with van der Waals surface area (Å²) in [6, 6.07) is 8.94. The zero-order valence-electron chi connectivity index (χ0n) is 12.0. The summed E-state index contributed by atoms with van der Waals surface area (Å²) < 4.78 is 0. The third-order valence-electron chi connectivity index (χ3n) is 3.88. The van der Waals surface area contributed by atoms with Crippen molar-refractivity contribution in [3.63, 3.8) is 0 Å². The van der Waals surface area contributed by atoms with Crippen molar-refractivity contribution in [1.82, 2.24) is 4.90 Å². The van der Waals surface area contributed by atoms with Gasteiger partial charge in [-0.15, -0.1) is 0 Å². The Labute approximate surface area is 121 Å². The van der Waals surface area contributed by atoms with Crippen molar-refractivity contribution in [2.24, 2.45) is 5.73 Å². The van der Waals surface area contributed by atoms with E-state index in [0.717, 1.165) is 18.7 Å². The van der Waals surface area contributed by atoms with Crippen LogP contribution >= 0.6 is 0 Å². The van der Waals surface area contributed by atoms with Crippen molar-refractivity contribution >= 4 is 0 Å². The Morgan fingerprint density at radius 2 is 2.10 bits per heavy atom. The molecule has 0 atom stereocenters. The zero-order valence-corrected chi connectivity index (χ0v) is 12.0. The number of hydrogen-bond acceptors (Lipinski definition) is 3. The molecule has 3 nitrogen and oxygen atoms in total. The van der Waals surface area contributed by atoms with Crippen molar-refractivity contribution in [2.75, 3.05) is 19.7 Å². The second-order valence-electron chi connectivity index (χ2n) is 5.34. The highest BCUT2D eigenvalue weighted by Gasteiger charge is 2.22. The lowest BCUT2D eigenvalue weighted by Crippen LogP contribution is -2.35. The summed E-state index contributed by atoms with van der Waals surface area (Å²) in [5.74, 6) is 5.97. The predicted molar refractivity (Wildman–Crippen MR) is 82.1 cm³/mol. The van der Waals surface area contributed by atoms with Crippen LogP contribution in [0.5, 0.6) is 0 Å². The van der Waals surface area contributed by atoms with Gasteiger partial charge in [-0.05, 0) is 30.5 Å². The van der Waals surface area contributed by atoms with E-state index < -0.39 is 0 Å². The van der Waals surface area contributed by atoms with Gasteiger partial charge in [0.25, 0.3) is 0 Å². The first-order chi connectivity index (χ1) is 9.83. The van der Waals surface area contributed by atoms with Crippen LogP contribution in [-0.4, -0.2) is 35.7 Å². The summed E-state index contributed by atoms with van der Waals surface area (Å²) in [6.07, 6.45) is 5.14. The molecule has 3 heteroatoms. The summed E-state index contributed by atoms with van der Waals surface area (Å²) in [5.41, 5.74) is 7.68. The first-order valence-corrected chi connectivity index (χ1v) is 7.46. The molecule has 0 bridgehead atoms. The van der Waals surface area contributed by atoms with Gasteiger partial charge in [0.2, 0.25) is 0 Å². The van der Waals surface area contributed by atoms with Gasteiger partial charge >= 0.3 is 0 Å². The quantitative estimate of drug-likeness (QED) is 0.803. The highest BCUT2D eigenvalue weighted by molar-refractivity contribution is 5.37. The van der Waals surface area contributed by atoms with Gasteiger partial charge in [0.15, 0.2) is 0 Å². The molecule has 0 amide bonds. The molecular weight excluding hydrogens is 248 g/mol. The molecule has 3 N–H and O–H groups in total. The summed E-state index contributed by atoms with van der Waals surface area (Å²) in [7, 11) is 0. The van der Waals surface area contributed by atoms with Crippen molar-refractivity contribution < 1.29 is 5.11 Å². The van der Waals surface area contributed by atoms with Gasteiger partial charge < -0.3 is 10.8 Å². The average Bonchev–Trinajstić information content (AvgIpc) is 2.99. The van der Waals surface area contributed by atoms with Gasteiger partial charge in [-0.25, -0.2) is 0 Å². The van der Waals surface area contributed by atoms with Crippen LogP contribution in [0.25, 0.3) is 0 Å². The monoisotopic (exact) mass is 272 g/mol. The Morgan fingerprint density at radius 1 is 1.30 bits per heavy atom. The van der Waals surface area contributed by atoms with Crippen LogP contribution in [0.2, 0.25) is 0 Å². The topological polar surface area (TPSA) is 49.5 Å². The van der Waals surface area contributed by atoms with Gasteiger partial charge in [-0.1, -0.05) is 36.8 Å². The molecule has 0 unspecified atom stereocenters. The van der Waals surface area contributed by atoms with E-state index in [-0.39, 0.29) is 6.61 Å². The fourth-order valence-electron chi connectivity index (χ4n) is 2.92. The van der Waals surface area contributed by atoms with Gasteiger partial charge in [-0.2, -0.15) is 0 Å². The number of benzene rings is 1. The molecular formula is C17H24N2O. The van der Waals surface area contributed by atoms with Crippen molar-refractivity contribution in [3.05, 3.63) is 35.4 Å². The van der Waals surface area contributed by atoms with E-state index in [0.29, 0.717) is 12.6 Å². The number of aliphatic hydroxyl groups excluding tert-OH is 1. The minimum absolute atomic E-state index is 0.225. The van der Waals surface area contributed by atoms with Crippen molar-refractivity contribution in [2.45, 2.75) is 38.3 Å². The van der Waals surface area contributed by atoms with E-state index in [9.17, 15) is 5.11 Å². The summed E-state index contributed by atoms with van der Waals surface area (Å²) in [6.45, 7) is 2.26. The number of hydrogen-bond donors (Lipinski definition) is 2. The summed E-state index contributed by atoms with van der Waals surface area (Å²) >= 11 is 0. The summed E-state index contributed by atoms with van der Waals surface area (Å²) in [4.78, 5) is 2.41. The number of aliphatic hydroxyl groups is 1. The lowest BCUT2D eigenvalue weighted by atomic mass is 10.1. The van der Waals surface area contributed by atoms with Crippen LogP contribution < -0.4 is 5.73 Å². The smallest absolute Gasteiger partial charge is 0.0558 e. The zero-order chi connectivity index (χ0) is 14.2. The van der Waals surface area contributed by atoms with Gasteiger partial charge in [0.1, 0.15) is 0 Å². The molecule has 1 aliphatic carbocycles. The molecule has 20 heavy (non-hydrogen) atoms. The minimum Gasteiger partial charge on any atom is -0.395 e. The van der Waals surface area contributed by atoms with E-state index >= 15 is 0 Å². The van der Waals surface area contributed by atoms with Crippen LogP contribution in [0.4, 0.5) is 0 Å². The highest BCUT2D eigenvalue weighted by atomic mass is 16.3. The Hall–Kier alpha value is -1.34. The van der Waals surface area contributed by atoms with Crippen LogP contribution in [0.1, 0.15) is 36.8 Å². The normalized spacial score (nSPS) is 15.3. The van der Waals surface area contributed by atoms with E-state index in [2.05, 4.69) is 28.9 Å². The molecule has 0 aromatic heterocycles. The first kappa shape index (κ1) is 15.1. The molecule has 0 heterocycles. The molecule has 1 saturated carbocycles. The van der Waals surface area contributed by atoms with Gasteiger partial charge in [-0.3, -0.25) is 4.90 Å². The van der Waals surface area contributed by atoms with Crippen LogP contribution in [-0.2, 0) is 6.54 Å². The molecule has 108 valence electrons. The lowest BCUT2D eigenvalue weighted by molar-refractivity contribution is 0.145. The molecule has 1 aromatic rings. The first-order valence-electron chi connectivity index (χ1n) is 7.46. The molecule has 1 aromatic carbocycles. The molecule has 0 aliphatic heterocycles. The molecule has 2 rings (SSSR count). The maximum atomic E-state index is 9.27. The second kappa shape index (κ2) is 8.06. The average molecular weight is 272 g/mol. The largest absolute Gasteiger partial charge is 0.395 e. The molecule has 1 fully saturated rings. The van der Waals surface area contributed by atoms with Crippen molar-refractivity contribution in [3.8, 4) is 11.8 Å². The highest BCUT2D eigenvalue weighted by Crippen LogP contribution is 2.24. The Balaban J connectivity index is 2.05. The molecule has 0 radical (unpaired) electrons. The number of rotatable bonds is 5. The maximum Gasteiger partial charge on any atom is 0.0558 e. The lowest BCUT2D eigenvalue weighted by Gasteiger charge is -2.28. The van der Waals surface area contributed by atoms with E-state index in [1.54, 1.807) is 0 Å². The second-order valence-corrected chi connectivity index (χ2v) is 5.34. The standard InChI is InChI=1S/C17H24N2O/c18-10-4-7-15-5-3-6-16(13-15)14-19(11-12-20)17-8-1-2-9-17/h3,5-6,13,17,20H,1-2,8-12,14,18H2.